The molecule has 1 saturated heterocycles. The number of nitrogens with zero attached hydrogens (tertiary/aromatic N) is 1. The molecule has 1 atom stereocenters. The van der Waals surface area contributed by atoms with E-state index in [1.165, 1.54) is 48.1 Å². The predicted molar refractivity (Wildman–Crippen MR) is 97.8 cm³/mol. The fraction of sp³-hybridized carbons (Fsp3) is 0.714. The van der Waals surface area contributed by atoms with Crippen LogP contribution in [0.4, 0.5) is 0 Å². The Morgan fingerprint density at radius 3 is 2.55 bits per heavy atom. The average Bonchev–Trinajstić information content (AvgIpc) is 2.82. The monoisotopic (exact) mass is 402 g/mol. The van der Waals surface area contributed by atoms with Gasteiger partial charge in [-0.2, -0.15) is 0 Å². The number of hydrogen-bond donors (Lipinski definition) is 1. The first-order valence-electron chi connectivity index (χ1n) is 7.00. The van der Waals surface area contributed by atoms with E-state index >= 15 is 0 Å². The molecule has 1 aliphatic rings. The van der Waals surface area contributed by atoms with Crippen molar-refractivity contribution in [1.82, 2.24) is 10.2 Å². The molecule has 1 fully saturated rings. The molecule has 1 aromatic heterocycles. The second-order valence-corrected chi connectivity index (χ2v) is 6.82. The highest BCUT2D eigenvalue weighted by Crippen LogP contribution is 2.33. The fourth-order valence-corrected chi connectivity index (χ4v) is 4.20. The minimum Gasteiger partial charge on any atom is -0.314 e. The lowest BCUT2D eigenvalue weighted by Gasteiger charge is -2.34. The van der Waals surface area contributed by atoms with Gasteiger partial charge in [0.2, 0.25) is 0 Å². The molecular weight excluding hydrogens is 379 g/mol. The van der Waals surface area contributed by atoms with E-state index in [0.717, 1.165) is 13.1 Å². The number of halogens is 3. The second-order valence-electron chi connectivity index (χ2n) is 4.96. The third-order valence-corrected chi connectivity index (χ3v) is 5.38. The van der Waals surface area contributed by atoms with E-state index in [1.807, 2.05) is 11.3 Å². The van der Waals surface area contributed by atoms with Gasteiger partial charge in [0.1, 0.15) is 0 Å². The molecule has 118 valence electrons. The van der Waals surface area contributed by atoms with Gasteiger partial charge in [-0.05, 0) is 28.4 Å². The smallest absolute Gasteiger partial charge is 0.0443 e. The maximum absolute atomic E-state index is 3.59. The number of nitrogens with one attached hydrogen (secondary N) is 1. The van der Waals surface area contributed by atoms with Crippen molar-refractivity contribution < 1.29 is 0 Å². The first kappa shape index (κ1) is 20.7. The second kappa shape index (κ2) is 11.3. The van der Waals surface area contributed by atoms with Crippen LogP contribution in [0.5, 0.6) is 0 Å². The third-order valence-electron chi connectivity index (χ3n) is 3.59. The Morgan fingerprint density at radius 2 is 2.00 bits per heavy atom. The van der Waals surface area contributed by atoms with E-state index in [4.69, 9.17) is 0 Å². The molecule has 1 aliphatic heterocycles. The zero-order chi connectivity index (χ0) is 12.8. The van der Waals surface area contributed by atoms with Crippen molar-refractivity contribution >= 4 is 52.1 Å². The third kappa shape index (κ3) is 6.20. The Morgan fingerprint density at radius 1 is 1.30 bits per heavy atom. The van der Waals surface area contributed by atoms with Crippen LogP contribution in [0.15, 0.2) is 15.9 Å². The molecule has 0 saturated carbocycles. The lowest BCUT2D eigenvalue weighted by atomic mass is 10.0. The zero-order valence-corrected chi connectivity index (χ0v) is 16.0. The van der Waals surface area contributed by atoms with Crippen LogP contribution >= 0.6 is 52.1 Å². The van der Waals surface area contributed by atoms with Gasteiger partial charge in [-0.1, -0.05) is 26.2 Å². The molecule has 6 heteroatoms. The van der Waals surface area contributed by atoms with Gasteiger partial charge < -0.3 is 5.32 Å². The molecule has 1 aromatic rings. The summed E-state index contributed by atoms with van der Waals surface area (Å²) in [5.74, 6) is 0. The lowest BCUT2D eigenvalue weighted by Crippen LogP contribution is -2.45. The van der Waals surface area contributed by atoms with Crippen molar-refractivity contribution in [2.24, 2.45) is 0 Å². The van der Waals surface area contributed by atoms with Gasteiger partial charge in [0.05, 0.1) is 0 Å². The van der Waals surface area contributed by atoms with Crippen molar-refractivity contribution in [3.8, 4) is 0 Å². The van der Waals surface area contributed by atoms with Gasteiger partial charge in [0.25, 0.3) is 0 Å². The van der Waals surface area contributed by atoms with Crippen LogP contribution in [0.2, 0.25) is 0 Å². The van der Waals surface area contributed by atoms with E-state index in [2.05, 4.69) is 44.5 Å². The van der Waals surface area contributed by atoms with Gasteiger partial charge in [-0.25, -0.2) is 0 Å². The zero-order valence-electron chi connectivity index (χ0n) is 11.9. The van der Waals surface area contributed by atoms with Gasteiger partial charge >= 0.3 is 0 Å². The van der Waals surface area contributed by atoms with Gasteiger partial charge in [0, 0.05) is 47.0 Å². The van der Waals surface area contributed by atoms with Crippen LogP contribution in [-0.2, 0) is 0 Å². The fourth-order valence-electron chi connectivity index (χ4n) is 2.59. The molecule has 0 unspecified atom stereocenters. The lowest BCUT2D eigenvalue weighted by molar-refractivity contribution is 0.165. The summed E-state index contributed by atoms with van der Waals surface area (Å²) in [4.78, 5) is 4.18. The molecular formula is C14H25BrCl2N2S. The van der Waals surface area contributed by atoms with Crippen molar-refractivity contribution in [3.63, 3.8) is 0 Å². The van der Waals surface area contributed by atoms with Crippen molar-refractivity contribution in [2.45, 2.75) is 38.6 Å². The molecule has 0 spiro atoms. The summed E-state index contributed by atoms with van der Waals surface area (Å²) in [7, 11) is 0. The van der Waals surface area contributed by atoms with Gasteiger partial charge in [0.15, 0.2) is 0 Å². The Labute approximate surface area is 147 Å². The van der Waals surface area contributed by atoms with Crippen LogP contribution in [0.3, 0.4) is 0 Å². The van der Waals surface area contributed by atoms with Gasteiger partial charge in [-0.15, -0.1) is 36.2 Å². The first-order chi connectivity index (χ1) is 8.81. The average molecular weight is 404 g/mol. The minimum absolute atomic E-state index is 0. The highest BCUT2D eigenvalue weighted by molar-refractivity contribution is 9.10. The number of hydrogen-bond acceptors (Lipinski definition) is 3. The Balaban J connectivity index is 0.00000180. The van der Waals surface area contributed by atoms with Gasteiger partial charge in [-0.3, -0.25) is 4.90 Å². The molecule has 2 heterocycles. The quantitative estimate of drug-likeness (QED) is 0.680. The summed E-state index contributed by atoms with van der Waals surface area (Å²) >= 11 is 5.49. The van der Waals surface area contributed by atoms with E-state index in [0.29, 0.717) is 6.04 Å². The standard InChI is InChI=1S/C14H23BrN2S.2ClH/c1-2-3-4-5-13(14-10-12(15)11-18-14)17-8-6-16-7-9-17;;/h10-11,13,16H,2-9H2,1H3;2*1H/t13-;;/m0../s1. The van der Waals surface area contributed by atoms with Crippen molar-refractivity contribution in [3.05, 3.63) is 20.8 Å². The molecule has 0 bridgehead atoms. The minimum atomic E-state index is 0. The van der Waals surface area contributed by atoms with E-state index in [1.54, 1.807) is 0 Å². The largest absolute Gasteiger partial charge is 0.314 e. The maximum Gasteiger partial charge on any atom is 0.0443 e. The summed E-state index contributed by atoms with van der Waals surface area (Å²) in [5.41, 5.74) is 0. The molecule has 2 rings (SSSR count). The number of unbranched alkanes of at least 4 members (excludes halogenated alkanes) is 2. The number of piperazine rings is 1. The first-order valence-corrected chi connectivity index (χ1v) is 8.67. The molecule has 0 aromatic carbocycles. The van der Waals surface area contributed by atoms with E-state index in [9.17, 15) is 0 Å². The summed E-state index contributed by atoms with van der Waals surface area (Å²) in [5, 5.41) is 5.66. The normalized spacial score (nSPS) is 17.1. The summed E-state index contributed by atoms with van der Waals surface area (Å²) in [6.45, 7) is 6.92. The number of thiophene rings is 1. The highest BCUT2D eigenvalue weighted by atomic mass is 79.9. The van der Waals surface area contributed by atoms with Crippen LogP contribution in [0, 0.1) is 0 Å². The van der Waals surface area contributed by atoms with Crippen LogP contribution < -0.4 is 5.32 Å². The van der Waals surface area contributed by atoms with Crippen LogP contribution in [0.25, 0.3) is 0 Å². The highest BCUT2D eigenvalue weighted by Gasteiger charge is 2.22. The molecule has 0 amide bonds. The Hall–Kier alpha value is 0.680. The summed E-state index contributed by atoms with van der Waals surface area (Å²) in [6, 6.07) is 2.94. The van der Waals surface area contributed by atoms with Crippen LogP contribution in [-0.4, -0.2) is 31.1 Å². The summed E-state index contributed by atoms with van der Waals surface area (Å²) < 4.78 is 1.23. The molecule has 0 radical (unpaired) electrons. The SMILES string of the molecule is CCCCC[C@@H](c1cc(Br)cs1)N1CCNCC1.Cl.Cl. The topological polar surface area (TPSA) is 15.3 Å². The Kier molecular flexibility index (Phi) is 11.7. The molecule has 0 aliphatic carbocycles. The van der Waals surface area contributed by atoms with E-state index < -0.39 is 0 Å². The molecule has 2 nitrogen and oxygen atoms in total. The maximum atomic E-state index is 3.59. The summed E-state index contributed by atoms with van der Waals surface area (Å²) in [6.07, 6.45) is 5.32. The predicted octanol–water partition coefficient (Wildman–Crippen LogP) is 4.88. The van der Waals surface area contributed by atoms with Crippen LogP contribution in [0.1, 0.15) is 43.5 Å². The van der Waals surface area contributed by atoms with Crippen molar-refractivity contribution in [2.75, 3.05) is 26.2 Å². The molecule has 20 heavy (non-hydrogen) atoms. The van der Waals surface area contributed by atoms with Crippen molar-refractivity contribution in [1.29, 1.82) is 0 Å². The van der Waals surface area contributed by atoms with E-state index in [-0.39, 0.29) is 24.8 Å². The Bertz CT molecular complexity index is 357. The number of rotatable bonds is 6. The molecule has 1 N–H and O–H groups in total.